The fourth-order valence-corrected chi connectivity index (χ4v) is 2.44. The van der Waals surface area contributed by atoms with Gasteiger partial charge in [-0.3, -0.25) is 4.79 Å². The zero-order valence-corrected chi connectivity index (χ0v) is 14.9. The second-order valence-corrected chi connectivity index (χ2v) is 6.74. The number of rotatable bonds is 8. The third kappa shape index (κ3) is 10.3. The Morgan fingerprint density at radius 2 is 2.00 bits per heavy atom. The average Bonchev–Trinajstić information content (AvgIpc) is 2.50. The lowest BCUT2D eigenvalue weighted by atomic mass is 10.0. The molecule has 0 unspecified atom stereocenters. The van der Waals surface area contributed by atoms with Gasteiger partial charge in [0.2, 0.25) is 5.91 Å². The van der Waals surface area contributed by atoms with Crippen molar-refractivity contribution in [2.45, 2.75) is 71.0 Å². The minimum Gasteiger partial charge on any atom is -0.442 e. The highest BCUT2D eigenvalue weighted by molar-refractivity contribution is 5.75. The minimum atomic E-state index is -0.472. The van der Waals surface area contributed by atoms with Crippen LogP contribution in [0.25, 0.3) is 0 Å². The summed E-state index contributed by atoms with van der Waals surface area (Å²) >= 11 is 0. The molecule has 0 saturated carbocycles. The van der Waals surface area contributed by atoms with Crippen molar-refractivity contribution < 1.29 is 19.4 Å². The van der Waals surface area contributed by atoms with E-state index in [1.165, 1.54) is 0 Å². The van der Waals surface area contributed by atoms with Gasteiger partial charge in [-0.15, -0.1) is 0 Å². The molecule has 0 aromatic carbocycles. The zero-order chi connectivity index (χ0) is 17.8. The van der Waals surface area contributed by atoms with Crippen molar-refractivity contribution >= 4 is 12.0 Å². The smallest absolute Gasteiger partial charge is 0.407 e. The highest BCUT2D eigenvalue weighted by atomic mass is 16.6. The van der Waals surface area contributed by atoms with Crippen LogP contribution in [0.15, 0.2) is 12.2 Å². The first-order chi connectivity index (χ1) is 11.5. The maximum atomic E-state index is 11.8. The van der Waals surface area contributed by atoms with Gasteiger partial charge in [0.05, 0.1) is 6.10 Å². The van der Waals surface area contributed by atoms with E-state index in [1.807, 2.05) is 12.2 Å². The summed E-state index contributed by atoms with van der Waals surface area (Å²) in [4.78, 5) is 23.4. The molecule has 1 rings (SSSR count). The Morgan fingerprint density at radius 1 is 1.21 bits per heavy atom. The number of hydrogen-bond acceptors (Lipinski definition) is 4. The molecule has 0 aromatic rings. The third-order valence-electron chi connectivity index (χ3n) is 3.95. The van der Waals surface area contributed by atoms with Crippen LogP contribution in [0.1, 0.15) is 58.8 Å². The molecule has 0 heterocycles. The van der Waals surface area contributed by atoms with E-state index in [0.29, 0.717) is 44.7 Å². The number of amides is 2. The summed E-state index contributed by atoms with van der Waals surface area (Å²) in [5, 5.41) is 15.2. The van der Waals surface area contributed by atoms with E-state index in [9.17, 15) is 14.7 Å². The highest BCUT2D eigenvalue weighted by Gasteiger charge is 2.15. The van der Waals surface area contributed by atoms with Crippen LogP contribution >= 0.6 is 0 Å². The molecule has 0 aromatic heterocycles. The van der Waals surface area contributed by atoms with E-state index in [-0.39, 0.29) is 18.1 Å². The molecule has 0 aliphatic heterocycles. The van der Waals surface area contributed by atoms with Crippen LogP contribution < -0.4 is 10.6 Å². The Kier molecular flexibility index (Phi) is 10.2. The Hall–Kier alpha value is -1.56. The maximum Gasteiger partial charge on any atom is 0.407 e. The van der Waals surface area contributed by atoms with Crippen LogP contribution in [0.2, 0.25) is 0 Å². The van der Waals surface area contributed by atoms with Crippen LogP contribution in [0.4, 0.5) is 4.79 Å². The van der Waals surface area contributed by atoms with Crippen molar-refractivity contribution in [1.29, 1.82) is 0 Å². The monoisotopic (exact) mass is 340 g/mol. The SMILES string of the molecule is CC(C)CCNC(=O)CCCNC(=O)O[C@@H]1/C=C/CC[C@@H](O)CC1. The normalized spacial score (nSPS) is 22.3. The van der Waals surface area contributed by atoms with E-state index in [2.05, 4.69) is 24.5 Å². The maximum absolute atomic E-state index is 11.8. The first-order valence-electron chi connectivity index (χ1n) is 9.03. The Balaban J connectivity index is 2.10. The summed E-state index contributed by atoms with van der Waals surface area (Å²) in [5.74, 6) is 0.591. The quantitative estimate of drug-likeness (QED) is 0.468. The molecule has 6 nitrogen and oxygen atoms in total. The topological polar surface area (TPSA) is 87.7 Å². The Labute approximate surface area is 145 Å². The molecular weight excluding hydrogens is 308 g/mol. The number of allylic oxidation sites excluding steroid dienone is 1. The molecule has 6 heteroatoms. The lowest BCUT2D eigenvalue weighted by Crippen LogP contribution is -2.31. The molecule has 0 spiro atoms. The molecule has 2 amide bonds. The predicted octanol–water partition coefficient (Wildman–Crippen LogP) is 2.51. The van der Waals surface area contributed by atoms with Gasteiger partial charge in [-0.05, 0) is 50.5 Å². The number of alkyl carbamates (subject to hydrolysis) is 1. The van der Waals surface area contributed by atoms with Gasteiger partial charge in [-0.25, -0.2) is 4.79 Å². The third-order valence-corrected chi connectivity index (χ3v) is 3.95. The molecule has 1 aliphatic carbocycles. The number of carbonyl (C=O) groups excluding carboxylic acids is 2. The number of aliphatic hydroxyl groups is 1. The van der Waals surface area contributed by atoms with Gasteiger partial charge in [-0.2, -0.15) is 0 Å². The highest BCUT2D eigenvalue weighted by Crippen LogP contribution is 2.15. The van der Waals surface area contributed by atoms with Gasteiger partial charge >= 0.3 is 6.09 Å². The predicted molar refractivity (Wildman–Crippen MR) is 93.6 cm³/mol. The number of ether oxygens (including phenoxy) is 1. The molecule has 24 heavy (non-hydrogen) atoms. The van der Waals surface area contributed by atoms with Gasteiger partial charge < -0.3 is 20.5 Å². The molecule has 3 N–H and O–H groups in total. The summed E-state index contributed by atoms with van der Waals surface area (Å²) in [6.45, 7) is 5.35. The van der Waals surface area contributed by atoms with Gasteiger partial charge in [0, 0.05) is 19.5 Å². The van der Waals surface area contributed by atoms with Gasteiger partial charge in [-0.1, -0.05) is 19.9 Å². The number of nitrogens with one attached hydrogen (secondary N) is 2. The Bertz CT molecular complexity index is 410. The average molecular weight is 340 g/mol. The zero-order valence-electron chi connectivity index (χ0n) is 14.9. The molecule has 2 atom stereocenters. The molecule has 138 valence electrons. The van der Waals surface area contributed by atoms with E-state index in [1.54, 1.807) is 0 Å². The van der Waals surface area contributed by atoms with Crippen LogP contribution in [-0.2, 0) is 9.53 Å². The van der Waals surface area contributed by atoms with Crippen molar-refractivity contribution in [3.8, 4) is 0 Å². The molecule has 1 aliphatic rings. The van der Waals surface area contributed by atoms with Crippen molar-refractivity contribution in [3.63, 3.8) is 0 Å². The molecule has 0 saturated heterocycles. The number of carbonyl (C=O) groups is 2. The minimum absolute atomic E-state index is 0.0164. The van der Waals surface area contributed by atoms with Crippen molar-refractivity contribution in [3.05, 3.63) is 12.2 Å². The number of hydrogen-bond donors (Lipinski definition) is 3. The first-order valence-corrected chi connectivity index (χ1v) is 9.03. The largest absolute Gasteiger partial charge is 0.442 e. The van der Waals surface area contributed by atoms with Crippen LogP contribution in [0, 0.1) is 5.92 Å². The standard InChI is InChI=1S/C18H32N2O4/c1-14(2)11-13-19-17(22)8-5-12-20-18(23)24-16-7-4-3-6-15(21)9-10-16/h4,7,14-16,21H,3,5-6,8-13H2,1-2H3,(H,19,22)(H,20,23)/b7-4+/t15-,16-/m1/s1. The van der Waals surface area contributed by atoms with Gasteiger partial charge in [0.1, 0.15) is 6.10 Å². The lowest BCUT2D eigenvalue weighted by Gasteiger charge is -2.19. The molecule has 0 fully saturated rings. The first kappa shape index (κ1) is 20.5. The van der Waals surface area contributed by atoms with Crippen molar-refractivity contribution in [2.75, 3.05) is 13.1 Å². The van der Waals surface area contributed by atoms with E-state index in [0.717, 1.165) is 19.3 Å². The van der Waals surface area contributed by atoms with Crippen molar-refractivity contribution in [1.82, 2.24) is 10.6 Å². The summed E-state index contributed by atoms with van der Waals surface area (Å²) in [6, 6.07) is 0. The van der Waals surface area contributed by atoms with Crippen LogP contribution in [0.5, 0.6) is 0 Å². The summed E-state index contributed by atoms with van der Waals surface area (Å²) in [6.07, 6.45) is 7.52. The second kappa shape index (κ2) is 11.9. The van der Waals surface area contributed by atoms with E-state index < -0.39 is 6.09 Å². The van der Waals surface area contributed by atoms with E-state index in [4.69, 9.17) is 4.74 Å². The fraction of sp³-hybridized carbons (Fsp3) is 0.778. The summed E-state index contributed by atoms with van der Waals surface area (Å²) in [7, 11) is 0. The fourth-order valence-electron chi connectivity index (χ4n) is 2.44. The Morgan fingerprint density at radius 3 is 2.75 bits per heavy atom. The molecular formula is C18H32N2O4. The van der Waals surface area contributed by atoms with Crippen LogP contribution in [0.3, 0.4) is 0 Å². The molecule has 0 radical (unpaired) electrons. The number of aliphatic hydroxyl groups excluding tert-OH is 1. The summed E-state index contributed by atoms with van der Waals surface area (Å²) < 4.78 is 5.32. The van der Waals surface area contributed by atoms with Crippen LogP contribution in [-0.4, -0.2) is 42.4 Å². The van der Waals surface area contributed by atoms with Crippen molar-refractivity contribution in [2.24, 2.45) is 5.92 Å². The van der Waals surface area contributed by atoms with Gasteiger partial charge in [0.25, 0.3) is 0 Å². The molecule has 0 bridgehead atoms. The summed E-state index contributed by atoms with van der Waals surface area (Å²) in [5.41, 5.74) is 0. The van der Waals surface area contributed by atoms with E-state index >= 15 is 0 Å². The second-order valence-electron chi connectivity index (χ2n) is 6.74. The van der Waals surface area contributed by atoms with Gasteiger partial charge in [0.15, 0.2) is 0 Å². The lowest BCUT2D eigenvalue weighted by molar-refractivity contribution is -0.121.